The maximum atomic E-state index is 5.88. The highest BCUT2D eigenvalue weighted by Crippen LogP contribution is 2.27. The predicted molar refractivity (Wildman–Crippen MR) is 74.7 cm³/mol. The fourth-order valence-corrected chi connectivity index (χ4v) is 2.49. The molecule has 0 radical (unpaired) electrons. The third kappa shape index (κ3) is 3.62. The van der Waals surface area contributed by atoms with Crippen LogP contribution >= 0.6 is 15.9 Å². The second kappa shape index (κ2) is 7.00. The summed E-state index contributed by atoms with van der Waals surface area (Å²) in [6, 6.07) is 5.89. The Labute approximate surface area is 117 Å². The molecule has 3 nitrogen and oxygen atoms in total. The van der Waals surface area contributed by atoms with Crippen LogP contribution in [0, 0.1) is 0 Å². The molecule has 1 aromatic rings. The van der Waals surface area contributed by atoms with Gasteiger partial charge in [-0.25, -0.2) is 0 Å². The zero-order chi connectivity index (χ0) is 12.8. The minimum atomic E-state index is 0.230. The Morgan fingerprint density at radius 3 is 2.94 bits per heavy atom. The summed E-state index contributed by atoms with van der Waals surface area (Å²) in [4.78, 5) is 0. The van der Waals surface area contributed by atoms with Crippen LogP contribution in [0.5, 0.6) is 11.5 Å². The van der Waals surface area contributed by atoms with Gasteiger partial charge in [0.25, 0.3) is 0 Å². The maximum absolute atomic E-state index is 5.88. The van der Waals surface area contributed by atoms with E-state index in [1.807, 2.05) is 18.2 Å². The van der Waals surface area contributed by atoms with Crippen molar-refractivity contribution in [3.05, 3.63) is 23.8 Å². The van der Waals surface area contributed by atoms with Crippen LogP contribution < -0.4 is 9.47 Å². The average molecular weight is 315 g/mol. The molecule has 1 fully saturated rings. The van der Waals surface area contributed by atoms with Crippen LogP contribution in [-0.4, -0.2) is 26.4 Å². The lowest BCUT2D eigenvalue weighted by atomic mass is 10.1. The molecule has 0 spiro atoms. The number of halogens is 1. The van der Waals surface area contributed by atoms with Gasteiger partial charge in [0.2, 0.25) is 0 Å². The quantitative estimate of drug-likeness (QED) is 0.778. The molecule has 0 bridgehead atoms. The van der Waals surface area contributed by atoms with Gasteiger partial charge in [0.1, 0.15) is 18.1 Å². The number of ether oxygens (including phenoxy) is 3. The molecule has 0 aromatic heterocycles. The van der Waals surface area contributed by atoms with Gasteiger partial charge < -0.3 is 14.2 Å². The van der Waals surface area contributed by atoms with E-state index >= 15 is 0 Å². The summed E-state index contributed by atoms with van der Waals surface area (Å²) in [5, 5.41) is 0.776. The summed E-state index contributed by atoms with van der Waals surface area (Å²) in [5.74, 6) is 1.69. The molecule has 18 heavy (non-hydrogen) atoms. The van der Waals surface area contributed by atoms with Gasteiger partial charge in [-0.2, -0.15) is 0 Å². The lowest BCUT2D eigenvalue weighted by Crippen LogP contribution is -2.26. The van der Waals surface area contributed by atoms with Gasteiger partial charge >= 0.3 is 0 Å². The fourth-order valence-electron chi connectivity index (χ4n) is 2.03. The Hall–Kier alpha value is -0.740. The smallest absolute Gasteiger partial charge is 0.127 e. The molecular formula is C14H19BrO3. The van der Waals surface area contributed by atoms with Gasteiger partial charge in [-0.15, -0.1) is 0 Å². The van der Waals surface area contributed by atoms with Crippen molar-refractivity contribution in [1.82, 2.24) is 0 Å². The van der Waals surface area contributed by atoms with Crippen molar-refractivity contribution < 1.29 is 14.2 Å². The van der Waals surface area contributed by atoms with Crippen molar-refractivity contribution in [2.75, 3.05) is 20.3 Å². The third-order valence-electron chi connectivity index (χ3n) is 3.12. The minimum Gasteiger partial charge on any atom is -0.497 e. The lowest BCUT2D eigenvalue weighted by Gasteiger charge is -2.23. The summed E-state index contributed by atoms with van der Waals surface area (Å²) in [6.07, 6.45) is 3.72. The third-order valence-corrected chi connectivity index (χ3v) is 3.72. The van der Waals surface area contributed by atoms with Crippen LogP contribution in [-0.2, 0) is 10.1 Å². The molecule has 2 rings (SSSR count). The normalized spacial score (nSPS) is 19.6. The Morgan fingerprint density at radius 1 is 1.39 bits per heavy atom. The zero-order valence-corrected chi connectivity index (χ0v) is 12.2. The van der Waals surface area contributed by atoms with Gasteiger partial charge in [0.15, 0.2) is 0 Å². The van der Waals surface area contributed by atoms with Gasteiger partial charge in [-0.05, 0) is 25.3 Å². The summed E-state index contributed by atoms with van der Waals surface area (Å²) in [7, 11) is 1.66. The molecule has 1 aromatic carbocycles. The molecule has 1 aliphatic heterocycles. The van der Waals surface area contributed by atoms with Crippen molar-refractivity contribution in [2.24, 2.45) is 0 Å². The fraction of sp³-hybridized carbons (Fsp3) is 0.571. The largest absolute Gasteiger partial charge is 0.497 e. The van der Waals surface area contributed by atoms with Crippen LogP contribution in [0.2, 0.25) is 0 Å². The molecule has 0 saturated carbocycles. The molecule has 1 aliphatic rings. The van der Waals surface area contributed by atoms with Crippen LogP contribution in [0.25, 0.3) is 0 Å². The van der Waals surface area contributed by atoms with Crippen LogP contribution in [0.15, 0.2) is 18.2 Å². The Bertz CT molecular complexity index is 375. The summed E-state index contributed by atoms with van der Waals surface area (Å²) < 4.78 is 16.8. The van der Waals surface area contributed by atoms with Crippen molar-refractivity contribution in [3.8, 4) is 11.5 Å². The Kier molecular flexibility index (Phi) is 5.32. The van der Waals surface area contributed by atoms with E-state index < -0.39 is 0 Å². The molecular weight excluding hydrogens is 296 g/mol. The molecule has 1 unspecified atom stereocenters. The topological polar surface area (TPSA) is 27.7 Å². The predicted octanol–water partition coefficient (Wildman–Crippen LogP) is 3.54. The molecule has 100 valence electrons. The van der Waals surface area contributed by atoms with E-state index in [9.17, 15) is 0 Å². The van der Waals surface area contributed by atoms with E-state index in [-0.39, 0.29) is 6.10 Å². The van der Waals surface area contributed by atoms with Crippen LogP contribution in [0.4, 0.5) is 0 Å². The second-order valence-corrected chi connectivity index (χ2v) is 4.97. The van der Waals surface area contributed by atoms with E-state index in [0.717, 1.165) is 35.4 Å². The first kappa shape index (κ1) is 13.7. The van der Waals surface area contributed by atoms with E-state index in [4.69, 9.17) is 14.2 Å². The summed E-state index contributed by atoms with van der Waals surface area (Å²) in [6.45, 7) is 1.48. The first-order chi connectivity index (χ1) is 8.83. The van der Waals surface area contributed by atoms with Gasteiger partial charge in [-0.3, -0.25) is 0 Å². The number of benzene rings is 1. The first-order valence-electron chi connectivity index (χ1n) is 6.30. The van der Waals surface area contributed by atoms with Crippen LogP contribution in [0.3, 0.4) is 0 Å². The lowest BCUT2D eigenvalue weighted by molar-refractivity contribution is -0.0112. The molecule has 0 N–H and O–H groups in total. The van der Waals surface area contributed by atoms with E-state index in [2.05, 4.69) is 15.9 Å². The summed E-state index contributed by atoms with van der Waals surface area (Å²) >= 11 is 3.47. The zero-order valence-electron chi connectivity index (χ0n) is 10.7. The van der Waals surface area contributed by atoms with Crippen molar-refractivity contribution >= 4 is 15.9 Å². The van der Waals surface area contributed by atoms with Crippen LogP contribution in [0.1, 0.15) is 24.8 Å². The highest BCUT2D eigenvalue weighted by molar-refractivity contribution is 9.08. The number of hydrogen-bond donors (Lipinski definition) is 0. The monoisotopic (exact) mass is 314 g/mol. The molecule has 1 heterocycles. The van der Waals surface area contributed by atoms with Crippen molar-refractivity contribution in [1.29, 1.82) is 0 Å². The van der Waals surface area contributed by atoms with E-state index in [1.165, 1.54) is 12.8 Å². The van der Waals surface area contributed by atoms with Crippen molar-refractivity contribution in [3.63, 3.8) is 0 Å². The van der Waals surface area contributed by atoms with Gasteiger partial charge in [0, 0.05) is 23.6 Å². The number of hydrogen-bond acceptors (Lipinski definition) is 3. The average Bonchev–Trinajstić information content (AvgIpc) is 2.45. The molecule has 1 atom stereocenters. The molecule has 0 aliphatic carbocycles. The SMILES string of the molecule is COc1ccc(CBr)c(OCC2CCCCO2)c1. The standard InChI is InChI=1S/C14H19BrO3/c1-16-12-6-5-11(9-15)14(8-12)18-10-13-4-2-3-7-17-13/h5-6,8,13H,2-4,7,9-10H2,1H3. The molecule has 1 saturated heterocycles. The highest BCUT2D eigenvalue weighted by Gasteiger charge is 2.15. The first-order valence-corrected chi connectivity index (χ1v) is 7.43. The summed E-state index contributed by atoms with van der Waals surface area (Å²) in [5.41, 5.74) is 1.13. The number of rotatable bonds is 5. The Balaban J connectivity index is 1.97. The van der Waals surface area contributed by atoms with Gasteiger partial charge in [0.05, 0.1) is 13.2 Å². The number of alkyl halides is 1. The highest BCUT2D eigenvalue weighted by atomic mass is 79.9. The number of methoxy groups -OCH3 is 1. The molecule has 4 heteroatoms. The maximum Gasteiger partial charge on any atom is 0.127 e. The second-order valence-electron chi connectivity index (χ2n) is 4.41. The van der Waals surface area contributed by atoms with E-state index in [1.54, 1.807) is 7.11 Å². The molecule has 0 amide bonds. The van der Waals surface area contributed by atoms with Crippen molar-refractivity contribution in [2.45, 2.75) is 30.7 Å². The Morgan fingerprint density at radius 2 is 2.28 bits per heavy atom. The van der Waals surface area contributed by atoms with E-state index in [0.29, 0.717) is 6.61 Å². The minimum absolute atomic E-state index is 0.230. The van der Waals surface area contributed by atoms with Gasteiger partial charge in [-0.1, -0.05) is 22.0 Å².